The molecule has 1 fully saturated rings. The standard InChI is InChI=1S/C43H43NO4/c1-2-39-41(46-30-36-22-12-5-13-23-36)43(48-32-38-26-16-7-17-27-38)42(47-31-37-24-14-6-15-25-37)40(33-45-29-35-20-10-4-11-21-35)44(39)28-34-18-8-3-9-19-34/h1,3-27,39-43H,28-33H2/t39-,40-,41-,42-,43+/m0/s1. The molecule has 5 aromatic rings. The third-order valence-electron chi connectivity index (χ3n) is 8.76. The SMILES string of the molecule is C#C[C@H]1[C@H](OCc2ccccc2)[C@@H](OCc2ccccc2)[C@@H](OCc2ccccc2)[C@H](COCc2ccccc2)N1Cc1ccccc1. The molecule has 0 amide bonds. The molecule has 1 heterocycles. The molecular formula is C43H43NO4. The number of likely N-dealkylation sites (tertiary alicyclic amines) is 1. The first kappa shape index (κ1) is 33.4. The van der Waals surface area contributed by atoms with Crippen LogP contribution < -0.4 is 0 Å². The first-order valence-corrected chi connectivity index (χ1v) is 16.6. The fraction of sp³-hybridized carbons (Fsp3) is 0.256. The lowest BCUT2D eigenvalue weighted by molar-refractivity contribution is -0.223. The second-order valence-corrected chi connectivity index (χ2v) is 12.1. The number of piperidine rings is 1. The van der Waals surface area contributed by atoms with Crippen molar-refractivity contribution in [3.8, 4) is 12.3 Å². The Morgan fingerprint density at radius 3 is 1.27 bits per heavy atom. The van der Waals surface area contributed by atoms with Crippen LogP contribution in [0.15, 0.2) is 152 Å². The van der Waals surface area contributed by atoms with Crippen LogP contribution in [-0.2, 0) is 51.9 Å². The van der Waals surface area contributed by atoms with E-state index in [9.17, 15) is 0 Å². The summed E-state index contributed by atoms with van der Waals surface area (Å²) in [5, 5.41) is 0. The largest absolute Gasteiger partial charge is 0.375 e. The van der Waals surface area contributed by atoms with Crippen molar-refractivity contribution in [3.63, 3.8) is 0 Å². The minimum atomic E-state index is -0.478. The average molecular weight is 638 g/mol. The van der Waals surface area contributed by atoms with Gasteiger partial charge in [-0.15, -0.1) is 6.42 Å². The van der Waals surface area contributed by atoms with E-state index >= 15 is 0 Å². The van der Waals surface area contributed by atoms with Gasteiger partial charge in [-0.1, -0.05) is 158 Å². The quantitative estimate of drug-likeness (QED) is 0.109. The number of terminal acetylenes is 1. The molecule has 1 saturated heterocycles. The van der Waals surface area contributed by atoms with E-state index in [4.69, 9.17) is 25.4 Å². The summed E-state index contributed by atoms with van der Waals surface area (Å²) < 4.78 is 27.1. The van der Waals surface area contributed by atoms with E-state index in [1.54, 1.807) is 0 Å². The molecule has 5 heteroatoms. The van der Waals surface area contributed by atoms with Gasteiger partial charge in [0.2, 0.25) is 0 Å². The maximum absolute atomic E-state index is 6.93. The van der Waals surface area contributed by atoms with Gasteiger partial charge < -0.3 is 18.9 Å². The molecule has 5 aromatic carbocycles. The lowest BCUT2D eigenvalue weighted by Gasteiger charge is -2.51. The zero-order valence-electron chi connectivity index (χ0n) is 27.2. The van der Waals surface area contributed by atoms with Crippen molar-refractivity contribution >= 4 is 0 Å². The van der Waals surface area contributed by atoms with Crippen molar-refractivity contribution in [3.05, 3.63) is 179 Å². The predicted octanol–water partition coefficient (Wildman–Crippen LogP) is 7.85. The molecule has 5 atom stereocenters. The number of benzene rings is 5. The molecule has 0 radical (unpaired) electrons. The van der Waals surface area contributed by atoms with Crippen molar-refractivity contribution in [1.82, 2.24) is 4.90 Å². The molecule has 1 aliphatic heterocycles. The highest BCUT2D eigenvalue weighted by Crippen LogP contribution is 2.34. The highest BCUT2D eigenvalue weighted by atomic mass is 16.6. The lowest BCUT2D eigenvalue weighted by Crippen LogP contribution is -2.68. The molecule has 244 valence electrons. The van der Waals surface area contributed by atoms with Crippen LogP contribution in [0.4, 0.5) is 0 Å². The Labute approximate surface area is 285 Å². The highest BCUT2D eigenvalue weighted by molar-refractivity contribution is 5.22. The van der Waals surface area contributed by atoms with E-state index in [1.807, 2.05) is 78.9 Å². The molecular weight excluding hydrogens is 594 g/mol. The maximum atomic E-state index is 6.93. The minimum Gasteiger partial charge on any atom is -0.375 e. The number of hydrogen-bond acceptors (Lipinski definition) is 5. The average Bonchev–Trinajstić information content (AvgIpc) is 3.15. The van der Waals surface area contributed by atoms with Crippen LogP contribution >= 0.6 is 0 Å². The maximum Gasteiger partial charge on any atom is 0.114 e. The molecule has 0 aromatic heterocycles. The molecule has 0 bridgehead atoms. The third-order valence-corrected chi connectivity index (χ3v) is 8.76. The summed E-state index contributed by atoms with van der Waals surface area (Å²) >= 11 is 0. The van der Waals surface area contributed by atoms with E-state index < -0.39 is 24.4 Å². The predicted molar refractivity (Wildman–Crippen MR) is 190 cm³/mol. The molecule has 48 heavy (non-hydrogen) atoms. The smallest absolute Gasteiger partial charge is 0.114 e. The van der Waals surface area contributed by atoms with E-state index in [-0.39, 0.29) is 6.04 Å². The van der Waals surface area contributed by atoms with E-state index in [0.717, 1.165) is 27.8 Å². The van der Waals surface area contributed by atoms with Crippen LogP contribution in [0.2, 0.25) is 0 Å². The Morgan fingerprint density at radius 2 is 0.833 bits per heavy atom. The number of hydrogen-bond donors (Lipinski definition) is 0. The normalized spacial score (nSPS) is 21.0. The highest BCUT2D eigenvalue weighted by Gasteiger charge is 2.51. The van der Waals surface area contributed by atoms with Gasteiger partial charge in [0.15, 0.2) is 0 Å². The van der Waals surface area contributed by atoms with Gasteiger partial charge in [0.05, 0.1) is 39.1 Å². The minimum absolute atomic E-state index is 0.226. The first-order chi connectivity index (χ1) is 23.8. The molecule has 0 spiro atoms. The Bertz CT molecular complexity index is 1660. The summed E-state index contributed by atoms with van der Waals surface area (Å²) in [6.45, 7) is 2.69. The fourth-order valence-electron chi connectivity index (χ4n) is 6.31. The van der Waals surface area contributed by atoms with Gasteiger partial charge >= 0.3 is 0 Å². The summed E-state index contributed by atoms with van der Waals surface area (Å²) in [7, 11) is 0. The molecule has 6 rings (SSSR count). The van der Waals surface area contributed by atoms with Crippen molar-refractivity contribution in [1.29, 1.82) is 0 Å². The van der Waals surface area contributed by atoms with Crippen molar-refractivity contribution in [2.24, 2.45) is 0 Å². The van der Waals surface area contributed by atoms with E-state index in [1.165, 1.54) is 0 Å². The van der Waals surface area contributed by atoms with Gasteiger partial charge in [-0.05, 0) is 27.8 Å². The van der Waals surface area contributed by atoms with Crippen LogP contribution in [0.1, 0.15) is 27.8 Å². The molecule has 1 aliphatic rings. The first-order valence-electron chi connectivity index (χ1n) is 16.6. The summed E-state index contributed by atoms with van der Waals surface area (Å²) in [6.07, 6.45) is 5.09. The fourth-order valence-corrected chi connectivity index (χ4v) is 6.31. The summed E-state index contributed by atoms with van der Waals surface area (Å²) in [6, 6.07) is 50.7. The zero-order chi connectivity index (χ0) is 32.8. The number of rotatable bonds is 15. The van der Waals surface area contributed by atoms with Crippen LogP contribution in [0.25, 0.3) is 0 Å². The van der Waals surface area contributed by atoms with Crippen LogP contribution in [0.3, 0.4) is 0 Å². The molecule has 5 nitrogen and oxygen atoms in total. The number of nitrogens with zero attached hydrogens (tertiary/aromatic N) is 1. The molecule has 0 aliphatic carbocycles. The van der Waals surface area contributed by atoms with E-state index in [2.05, 4.69) is 83.6 Å². The topological polar surface area (TPSA) is 40.2 Å². The van der Waals surface area contributed by atoms with Gasteiger partial charge in [-0.2, -0.15) is 0 Å². The zero-order valence-corrected chi connectivity index (χ0v) is 27.2. The molecule has 0 unspecified atom stereocenters. The van der Waals surface area contributed by atoms with Crippen LogP contribution in [0.5, 0.6) is 0 Å². The number of ether oxygens (including phenoxy) is 4. The molecule has 0 N–H and O–H groups in total. The Balaban J connectivity index is 1.37. The second kappa shape index (κ2) is 17.6. The Morgan fingerprint density at radius 1 is 0.458 bits per heavy atom. The summed E-state index contributed by atoms with van der Waals surface area (Å²) in [5.74, 6) is 3.13. The Kier molecular flexibility index (Phi) is 12.2. The third kappa shape index (κ3) is 9.08. The van der Waals surface area contributed by atoms with E-state index in [0.29, 0.717) is 39.6 Å². The second-order valence-electron chi connectivity index (χ2n) is 12.1. The molecule has 0 saturated carbocycles. The van der Waals surface area contributed by atoms with Crippen molar-refractivity contribution in [2.75, 3.05) is 6.61 Å². The van der Waals surface area contributed by atoms with Crippen LogP contribution in [0, 0.1) is 12.3 Å². The lowest BCUT2D eigenvalue weighted by atomic mass is 9.87. The van der Waals surface area contributed by atoms with Crippen LogP contribution in [-0.4, -0.2) is 41.9 Å². The van der Waals surface area contributed by atoms with Gasteiger partial charge in [0, 0.05) is 6.54 Å². The Hall–Kier alpha value is -4.54. The van der Waals surface area contributed by atoms with Gasteiger partial charge in [0.25, 0.3) is 0 Å². The van der Waals surface area contributed by atoms with Gasteiger partial charge in [0.1, 0.15) is 24.4 Å². The summed E-state index contributed by atoms with van der Waals surface area (Å²) in [4.78, 5) is 2.33. The van der Waals surface area contributed by atoms with Crippen molar-refractivity contribution < 1.29 is 18.9 Å². The van der Waals surface area contributed by atoms with Gasteiger partial charge in [-0.25, -0.2) is 0 Å². The summed E-state index contributed by atoms with van der Waals surface area (Å²) in [5.41, 5.74) is 5.48. The van der Waals surface area contributed by atoms with Crippen molar-refractivity contribution in [2.45, 2.75) is 63.4 Å². The monoisotopic (exact) mass is 637 g/mol. The van der Waals surface area contributed by atoms with Gasteiger partial charge in [-0.3, -0.25) is 4.90 Å².